The van der Waals surface area contributed by atoms with Crippen LogP contribution in [0.3, 0.4) is 0 Å². The first-order chi connectivity index (χ1) is 19.5. The number of hydrogen-bond donors (Lipinski definition) is 2. The fourth-order valence-electron chi connectivity index (χ4n) is 4.02. The maximum absolute atomic E-state index is 13.0. The van der Waals surface area contributed by atoms with Crippen molar-refractivity contribution in [3.05, 3.63) is 94.0 Å². The van der Waals surface area contributed by atoms with Crippen molar-refractivity contribution in [2.75, 3.05) is 33.3 Å². The van der Waals surface area contributed by atoms with Crippen LogP contribution in [0.1, 0.15) is 11.1 Å². The van der Waals surface area contributed by atoms with Crippen molar-refractivity contribution in [1.82, 2.24) is 9.21 Å². The Morgan fingerprint density at radius 1 is 0.878 bits per heavy atom. The Hall–Kier alpha value is -4.53. The number of carboxylic acid groups (broad SMARTS) is 2. The number of para-hydroxylation sites is 1. The number of ether oxygens (including phenoxy) is 2. The SMILES string of the molecule is COc1cc(CN2CCN(S(=O)(=O)c3ccccc3[N+](=O)[O-])CC2)ccc1OCc1ccccc1.O=C(O)C(=O)O. The molecule has 1 aliphatic heterocycles. The van der Waals surface area contributed by atoms with Crippen molar-refractivity contribution >= 4 is 27.6 Å². The second-order valence-corrected chi connectivity index (χ2v) is 10.7. The number of carboxylic acids is 2. The van der Waals surface area contributed by atoms with E-state index in [-0.39, 0.29) is 18.0 Å². The third-order valence-electron chi connectivity index (χ3n) is 6.07. The van der Waals surface area contributed by atoms with Crippen LogP contribution in [-0.4, -0.2) is 78.0 Å². The van der Waals surface area contributed by atoms with Gasteiger partial charge in [-0.3, -0.25) is 15.0 Å². The molecule has 4 rings (SSSR count). The van der Waals surface area contributed by atoms with Gasteiger partial charge in [-0.1, -0.05) is 48.5 Å². The highest BCUT2D eigenvalue weighted by molar-refractivity contribution is 7.89. The van der Waals surface area contributed by atoms with Crippen LogP contribution < -0.4 is 9.47 Å². The van der Waals surface area contributed by atoms with Gasteiger partial charge in [-0.2, -0.15) is 4.31 Å². The van der Waals surface area contributed by atoms with Crippen LogP contribution >= 0.6 is 0 Å². The zero-order valence-corrected chi connectivity index (χ0v) is 22.9. The molecular formula is C27H29N3O10S. The summed E-state index contributed by atoms with van der Waals surface area (Å²) in [6.07, 6.45) is 0. The summed E-state index contributed by atoms with van der Waals surface area (Å²) >= 11 is 0. The van der Waals surface area contributed by atoms with E-state index in [1.807, 2.05) is 48.5 Å². The Morgan fingerprint density at radius 3 is 2.07 bits per heavy atom. The number of aliphatic carboxylic acids is 2. The van der Waals surface area contributed by atoms with Gasteiger partial charge in [-0.15, -0.1) is 0 Å². The number of nitro groups is 1. The predicted octanol–water partition coefficient (Wildman–Crippen LogP) is 2.84. The molecule has 1 saturated heterocycles. The standard InChI is InChI=1S/C25H27N3O6S.C2H2O4/c1-33-24-17-21(11-12-23(24)34-19-20-7-3-2-4-8-20)18-26-13-15-27(16-14-26)35(31,32)25-10-6-5-9-22(25)28(29)30;3-1(4)2(5)6/h2-12,17H,13-16,18-19H2,1H3;(H,3,4)(H,5,6). The molecule has 0 aliphatic carbocycles. The van der Waals surface area contributed by atoms with E-state index in [4.69, 9.17) is 29.3 Å². The molecule has 1 aliphatic rings. The van der Waals surface area contributed by atoms with Gasteiger partial charge in [0.05, 0.1) is 12.0 Å². The molecule has 0 bridgehead atoms. The van der Waals surface area contributed by atoms with Crippen molar-refractivity contribution in [2.45, 2.75) is 18.0 Å². The van der Waals surface area contributed by atoms with E-state index < -0.39 is 32.6 Å². The lowest BCUT2D eigenvalue weighted by molar-refractivity contribution is -0.387. The fourth-order valence-corrected chi connectivity index (χ4v) is 5.60. The minimum absolute atomic E-state index is 0.254. The highest BCUT2D eigenvalue weighted by atomic mass is 32.2. The summed E-state index contributed by atoms with van der Waals surface area (Å²) in [6.45, 7) is 2.58. The molecule has 3 aromatic carbocycles. The molecule has 218 valence electrons. The van der Waals surface area contributed by atoms with Crippen LogP contribution in [0.4, 0.5) is 5.69 Å². The smallest absolute Gasteiger partial charge is 0.414 e. The van der Waals surface area contributed by atoms with E-state index in [0.717, 1.165) is 11.1 Å². The number of methoxy groups -OCH3 is 1. The lowest BCUT2D eigenvalue weighted by Crippen LogP contribution is -2.48. The maximum Gasteiger partial charge on any atom is 0.414 e. The highest BCUT2D eigenvalue weighted by Gasteiger charge is 2.33. The lowest BCUT2D eigenvalue weighted by atomic mass is 10.1. The van der Waals surface area contributed by atoms with E-state index in [0.29, 0.717) is 37.7 Å². The molecule has 0 radical (unpaired) electrons. The van der Waals surface area contributed by atoms with E-state index in [2.05, 4.69) is 4.90 Å². The molecule has 13 nitrogen and oxygen atoms in total. The molecular weight excluding hydrogens is 558 g/mol. The van der Waals surface area contributed by atoms with Crippen molar-refractivity contribution in [3.63, 3.8) is 0 Å². The summed E-state index contributed by atoms with van der Waals surface area (Å²) in [6, 6.07) is 21.1. The van der Waals surface area contributed by atoms with Gasteiger partial charge in [-0.05, 0) is 29.3 Å². The van der Waals surface area contributed by atoms with E-state index in [1.165, 1.54) is 28.6 Å². The van der Waals surface area contributed by atoms with Crippen molar-refractivity contribution in [1.29, 1.82) is 0 Å². The number of sulfonamides is 1. The first-order valence-electron chi connectivity index (χ1n) is 12.3. The second kappa shape index (κ2) is 14.2. The summed E-state index contributed by atoms with van der Waals surface area (Å²) in [5, 5.41) is 26.1. The number of carbonyl (C=O) groups is 2. The largest absolute Gasteiger partial charge is 0.493 e. The molecule has 1 fully saturated rings. The van der Waals surface area contributed by atoms with Crippen LogP contribution in [-0.2, 0) is 32.8 Å². The number of nitrogens with zero attached hydrogens (tertiary/aromatic N) is 3. The second-order valence-electron chi connectivity index (χ2n) is 8.77. The monoisotopic (exact) mass is 587 g/mol. The lowest BCUT2D eigenvalue weighted by Gasteiger charge is -2.34. The summed E-state index contributed by atoms with van der Waals surface area (Å²) < 4.78 is 38.8. The Morgan fingerprint density at radius 2 is 1.49 bits per heavy atom. The van der Waals surface area contributed by atoms with Gasteiger partial charge in [0.15, 0.2) is 16.4 Å². The summed E-state index contributed by atoms with van der Waals surface area (Å²) in [4.78, 5) is 30.7. The molecule has 0 unspecified atom stereocenters. The summed E-state index contributed by atoms with van der Waals surface area (Å²) in [5.74, 6) is -2.36. The molecule has 1 heterocycles. The number of benzene rings is 3. The normalized spacial score (nSPS) is 13.9. The first kappa shape index (κ1) is 31.0. The highest BCUT2D eigenvalue weighted by Crippen LogP contribution is 2.30. The average Bonchev–Trinajstić information content (AvgIpc) is 2.97. The molecule has 2 N–H and O–H groups in total. The Bertz CT molecular complexity index is 1460. The Kier molecular flexibility index (Phi) is 10.7. The number of hydrogen-bond acceptors (Lipinski definition) is 9. The molecule has 0 atom stereocenters. The van der Waals surface area contributed by atoms with Crippen LogP contribution in [0.2, 0.25) is 0 Å². The van der Waals surface area contributed by atoms with Gasteiger partial charge in [-0.25, -0.2) is 18.0 Å². The van der Waals surface area contributed by atoms with Crippen LogP contribution in [0.5, 0.6) is 11.5 Å². The zero-order chi connectivity index (χ0) is 30.0. The Balaban J connectivity index is 0.000000696. The average molecular weight is 588 g/mol. The third-order valence-corrected chi connectivity index (χ3v) is 8.01. The van der Waals surface area contributed by atoms with Crippen molar-refractivity contribution in [3.8, 4) is 11.5 Å². The maximum atomic E-state index is 13.0. The van der Waals surface area contributed by atoms with E-state index in [1.54, 1.807) is 7.11 Å². The third kappa shape index (κ3) is 8.48. The molecule has 14 heteroatoms. The minimum Gasteiger partial charge on any atom is -0.493 e. The zero-order valence-electron chi connectivity index (χ0n) is 22.1. The summed E-state index contributed by atoms with van der Waals surface area (Å²) in [7, 11) is -2.35. The fraction of sp³-hybridized carbons (Fsp3) is 0.259. The molecule has 3 aromatic rings. The van der Waals surface area contributed by atoms with Gasteiger partial charge in [0.25, 0.3) is 5.69 Å². The van der Waals surface area contributed by atoms with Crippen LogP contribution in [0.25, 0.3) is 0 Å². The predicted molar refractivity (Wildman–Crippen MR) is 146 cm³/mol. The minimum atomic E-state index is -3.95. The van der Waals surface area contributed by atoms with Gasteiger partial charge in [0.1, 0.15) is 6.61 Å². The van der Waals surface area contributed by atoms with Crippen molar-refractivity contribution in [2.24, 2.45) is 0 Å². The Labute approximate surface area is 236 Å². The first-order valence-corrected chi connectivity index (χ1v) is 13.7. The number of piperazine rings is 1. The van der Waals surface area contributed by atoms with Crippen molar-refractivity contribution < 1.29 is 42.6 Å². The number of rotatable bonds is 9. The van der Waals surface area contributed by atoms with Gasteiger partial charge in [0.2, 0.25) is 10.0 Å². The molecule has 0 saturated carbocycles. The molecule has 0 spiro atoms. The van der Waals surface area contributed by atoms with Crippen LogP contribution in [0.15, 0.2) is 77.7 Å². The van der Waals surface area contributed by atoms with Gasteiger partial charge < -0.3 is 19.7 Å². The number of nitro benzene ring substituents is 1. The molecule has 0 aromatic heterocycles. The topological polar surface area (TPSA) is 177 Å². The van der Waals surface area contributed by atoms with Gasteiger partial charge in [0, 0.05) is 38.8 Å². The van der Waals surface area contributed by atoms with Gasteiger partial charge >= 0.3 is 11.9 Å². The quantitative estimate of drug-likeness (QED) is 0.214. The van der Waals surface area contributed by atoms with Crippen LogP contribution in [0, 0.1) is 10.1 Å². The molecule has 41 heavy (non-hydrogen) atoms. The van der Waals surface area contributed by atoms with E-state index in [9.17, 15) is 18.5 Å². The molecule has 0 amide bonds. The van der Waals surface area contributed by atoms with E-state index >= 15 is 0 Å². The summed E-state index contributed by atoms with van der Waals surface area (Å²) in [5.41, 5.74) is 1.67.